The van der Waals surface area contributed by atoms with Gasteiger partial charge in [0.25, 0.3) is 0 Å². The summed E-state index contributed by atoms with van der Waals surface area (Å²) in [5.41, 5.74) is 0.922. The lowest BCUT2D eigenvalue weighted by Gasteiger charge is -2.15. The van der Waals surface area contributed by atoms with Crippen molar-refractivity contribution in [2.24, 2.45) is 0 Å². The number of nitrogens with zero attached hydrogens (tertiary/aromatic N) is 1. The highest BCUT2D eigenvalue weighted by atomic mass is 32.2. The van der Waals surface area contributed by atoms with Crippen LogP contribution in [0.5, 0.6) is 0 Å². The van der Waals surface area contributed by atoms with Gasteiger partial charge in [-0.2, -0.15) is 0 Å². The topological polar surface area (TPSA) is 86.9 Å². The largest absolute Gasteiger partial charge is 0.347 e. The van der Waals surface area contributed by atoms with E-state index in [1.807, 2.05) is 20.0 Å². The highest BCUT2D eigenvalue weighted by molar-refractivity contribution is 7.89. The third-order valence-corrected chi connectivity index (χ3v) is 4.90. The molecule has 0 aliphatic rings. The molecule has 6 nitrogen and oxygen atoms in total. The molecule has 1 aromatic heterocycles. The van der Waals surface area contributed by atoms with E-state index in [0.717, 1.165) is 5.56 Å². The Morgan fingerprint density at radius 2 is 2.00 bits per heavy atom. The molecule has 2 aromatic rings. The van der Waals surface area contributed by atoms with Gasteiger partial charge in [0.15, 0.2) is 0 Å². The minimum Gasteiger partial charge on any atom is -0.347 e. The molecule has 0 saturated carbocycles. The maximum atomic E-state index is 12.4. The highest BCUT2D eigenvalue weighted by Crippen LogP contribution is 2.19. The third-order valence-electron chi connectivity index (χ3n) is 3.36. The number of hydrogen-bond donors (Lipinski definition) is 3. The summed E-state index contributed by atoms with van der Waals surface area (Å²) in [6.07, 6.45) is 3.25. The molecule has 114 valence electrons. The fraction of sp³-hybridized carbons (Fsp3) is 0.357. The van der Waals surface area contributed by atoms with E-state index in [9.17, 15) is 8.42 Å². The second kappa shape index (κ2) is 6.38. The third kappa shape index (κ3) is 3.69. The molecular formula is C14H20N4O2S. The summed E-state index contributed by atoms with van der Waals surface area (Å²) in [4.78, 5) is 7.21. The smallest absolute Gasteiger partial charge is 0.241 e. The standard InChI is InChI=1S/C14H20N4O2S/c1-10(15-3)12-5-4-6-13(9-12)21(19,20)18-11(2)14-16-7-8-17-14/h4-11,15,18H,1-3H3,(H,16,17). The molecule has 0 aliphatic heterocycles. The van der Waals surface area contributed by atoms with Gasteiger partial charge in [0.05, 0.1) is 10.9 Å². The fourth-order valence-corrected chi connectivity index (χ4v) is 3.25. The first-order valence-corrected chi connectivity index (χ1v) is 8.21. The average Bonchev–Trinajstić information content (AvgIpc) is 3.00. The molecule has 0 aliphatic carbocycles. The Morgan fingerprint density at radius 1 is 1.24 bits per heavy atom. The molecule has 0 saturated heterocycles. The lowest BCUT2D eigenvalue weighted by Crippen LogP contribution is -2.27. The molecule has 0 spiro atoms. The SMILES string of the molecule is CNC(C)c1cccc(S(=O)(=O)NC(C)c2ncc[nH]2)c1. The lowest BCUT2D eigenvalue weighted by molar-refractivity contribution is 0.560. The van der Waals surface area contributed by atoms with Crippen LogP contribution >= 0.6 is 0 Å². The van der Waals surface area contributed by atoms with Crippen molar-refractivity contribution in [1.82, 2.24) is 20.0 Å². The molecule has 0 bridgehead atoms. The molecule has 2 unspecified atom stereocenters. The summed E-state index contributed by atoms with van der Waals surface area (Å²) in [7, 11) is -1.75. The maximum Gasteiger partial charge on any atom is 0.241 e. The number of aromatic nitrogens is 2. The van der Waals surface area contributed by atoms with Gasteiger partial charge in [0.2, 0.25) is 10.0 Å². The van der Waals surface area contributed by atoms with Crippen molar-refractivity contribution in [2.75, 3.05) is 7.05 Å². The molecule has 0 radical (unpaired) electrons. The Labute approximate surface area is 125 Å². The number of imidazole rings is 1. The Kier molecular flexibility index (Phi) is 4.76. The number of H-pyrrole nitrogens is 1. The number of benzene rings is 1. The summed E-state index contributed by atoms with van der Waals surface area (Å²) >= 11 is 0. The predicted molar refractivity (Wildman–Crippen MR) is 81.2 cm³/mol. The first-order valence-electron chi connectivity index (χ1n) is 6.73. The number of nitrogens with one attached hydrogen (secondary N) is 3. The number of hydrogen-bond acceptors (Lipinski definition) is 4. The average molecular weight is 308 g/mol. The lowest BCUT2D eigenvalue weighted by atomic mass is 10.1. The van der Waals surface area contributed by atoms with Crippen molar-refractivity contribution in [1.29, 1.82) is 0 Å². The summed E-state index contributed by atoms with van der Waals surface area (Å²) in [6, 6.07) is 6.57. The van der Waals surface area contributed by atoms with Crippen LogP contribution < -0.4 is 10.0 Å². The quantitative estimate of drug-likeness (QED) is 0.758. The van der Waals surface area contributed by atoms with Gasteiger partial charge in [0.1, 0.15) is 5.82 Å². The van der Waals surface area contributed by atoms with Crippen LogP contribution in [-0.2, 0) is 10.0 Å². The molecule has 0 amide bonds. The molecule has 2 atom stereocenters. The number of aromatic amines is 1. The van der Waals surface area contributed by atoms with E-state index in [1.165, 1.54) is 0 Å². The Balaban J connectivity index is 2.23. The fourth-order valence-electron chi connectivity index (χ4n) is 1.99. The molecule has 1 heterocycles. The summed E-state index contributed by atoms with van der Waals surface area (Å²) in [6.45, 7) is 3.72. The van der Waals surface area contributed by atoms with Gasteiger partial charge < -0.3 is 10.3 Å². The number of sulfonamides is 1. The zero-order chi connectivity index (χ0) is 15.5. The van der Waals surface area contributed by atoms with Gasteiger partial charge in [-0.05, 0) is 38.6 Å². The molecule has 1 aromatic carbocycles. The van der Waals surface area contributed by atoms with Crippen LogP contribution in [0, 0.1) is 0 Å². The zero-order valence-corrected chi connectivity index (χ0v) is 13.1. The predicted octanol–water partition coefficient (Wildman–Crippen LogP) is 1.73. The van der Waals surface area contributed by atoms with E-state index >= 15 is 0 Å². The molecule has 0 fully saturated rings. The van der Waals surface area contributed by atoms with Crippen molar-refractivity contribution in [2.45, 2.75) is 30.8 Å². The van der Waals surface area contributed by atoms with Crippen LogP contribution in [0.2, 0.25) is 0 Å². The van der Waals surface area contributed by atoms with Gasteiger partial charge in [0, 0.05) is 18.4 Å². The molecule has 7 heteroatoms. The van der Waals surface area contributed by atoms with E-state index in [0.29, 0.717) is 5.82 Å². The van der Waals surface area contributed by atoms with Crippen LogP contribution in [0.1, 0.15) is 37.3 Å². The minimum absolute atomic E-state index is 0.0858. The van der Waals surface area contributed by atoms with Gasteiger partial charge in [-0.1, -0.05) is 12.1 Å². The summed E-state index contributed by atoms with van der Waals surface area (Å²) in [5, 5.41) is 3.09. The Hall–Kier alpha value is -1.70. The van der Waals surface area contributed by atoms with Crippen molar-refractivity contribution >= 4 is 10.0 Å². The van der Waals surface area contributed by atoms with Crippen molar-refractivity contribution in [3.05, 3.63) is 48.0 Å². The second-order valence-corrected chi connectivity index (χ2v) is 6.61. The summed E-state index contributed by atoms with van der Waals surface area (Å²) in [5.74, 6) is 0.582. The van der Waals surface area contributed by atoms with Gasteiger partial charge >= 0.3 is 0 Å². The zero-order valence-electron chi connectivity index (χ0n) is 12.3. The van der Waals surface area contributed by atoms with E-state index in [-0.39, 0.29) is 10.9 Å². The van der Waals surface area contributed by atoms with Gasteiger partial charge in [-0.3, -0.25) is 0 Å². The van der Waals surface area contributed by atoms with Crippen LogP contribution in [0.4, 0.5) is 0 Å². The second-order valence-electron chi connectivity index (χ2n) is 4.90. The molecular weight excluding hydrogens is 288 g/mol. The number of rotatable bonds is 6. The first-order chi connectivity index (χ1) is 9.94. The van der Waals surface area contributed by atoms with Crippen LogP contribution in [0.3, 0.4) is 0 Å². The Morgan fingerprint density at radius 3 is 2.62 bits per heavy atom. The normalized spacial score (nSPS) is 14.8. The monoisotopic (exact) mass is 308 g/mol. The maximum absolute atomic E-state index is 12.4. The van der Waals surface area contributed by atoms with Crippen molar-refractivity contribution < 1.29 is 8.42 Å². The van der Waals surface area contributed by atoms with Gasteiger partial charge in [-0.15, -0.1) is 0 Å². The molecule has 2 rings (SSSR count). The Bertz CT molecular complexity index is 683. The first kappa shape index (κ1) is 15.7. The molecule has 21 heavy (non-hydrogen) atoms. The van der Waals surface area contributed by atoms with E-state index in [4.69, 9.17) is 0 Å². The van der Waals surface area contributed by atoms with Gasteiger partial charge in [-0.25, -0.2) is 18.1 Å². The minimum atomic E-state index is -3.59. The van der Waals surface area contributed by atoms with Crippen molar-refractivity contribution in [3.63, 3.8) is 0 Å². The van der Waals surface area contributed by atoms with E-state index in [2.05, 4.69) is 20.0 Å². The van der Waals surface area contributed by atoms with Crippen molar-refractivity contribution in [3.8, 4) is 0 Å². The summed E-state index contributed by atoms with van der Waals surface area (Å²) < 4.78 is 27.5. The van der Waals surface area contributed by atoms with Crippen LogP contribution in [0.15, 0.2) is 41.6 Å². The van der Waals surface area contributed by atoms with E-state index < -0.39 is 16.1 Å². The van der Waals surface area contributed by atoms with Crippen LogP contribution in [-0.4, -0.2) is 25.4 Å². The van der Waals surface area contributed by atoms with Crippen LogP contribution in [0.25, 0.3) is 0 Å². The van der Waals surface area contributed by atoms with E-state index in [1.54, 1.807) is 37.5 Å². The molecule has 3 N–H and O–H groups in total. The highest BCUT2D eigenvalue weighted by Gasteiger charge is 2.20.